The monoisotopic (exact) mass is 850 g/mol. The number of carbonyl (C=O) groups excluding carboxylic acids is 2. The molecule has 0 saturated carbocycles. The van der Waals surface area contributed by atoms with Crippen LogP contribution in [-0.4, -0.2) is 104 Å². The van der Waals surface area contributed by atoms with E-state index in [9.17, 15) is 29.7 Å². The van der Waals surface area contributed by atoms with Gasteiger partial charge in [-0.1, -0.05) is 55.4 Å². The van der Waals surface area contributed by atoms with Crippen molar-refractivity contribution < 1.29 is 58.1 Å². The topological polar surface area (TPSA) is 179 Å². The molecule has 5 heterocycles. The third kappa shape index (κ3) is 9.82. The quantitative estimate of drug-likeness (QED) is 0.133. The summed E-state index contributed by atoms with van der Waals surface area (Å²) in [6.07, 6.45) is 4.58. The summed E-state index contributed by atoms with van der Waals surface area (Å²) in [6.45, 7) is 25.2. The molecule has 344 valence electrons. The van der Waals surface area contributed by atoms with Crippen LogP contribution in [0, 0.1) is 41.4 Å². The molecule has 5 rings (SSSR count). The van der Waals surface area contributed by atoms with Gasteiger partial charge >= 0.3 is 12.1 Å². The van der Waals surface area contributed by atoms with Crippen LogP contribution in [0.5, 0.6) is 0 Å². The van der Waals surface area contributed by atoms with Gasteiger partial charge in [0.25, 0.3) is 0 Å². The second-order valence-corrected chi connectivity index (χ2v) is 20.7. The first-order valence-corrected chi connectivity index (χ1v) is 23.1. The van der Waals surface area contributed by atoms with Crippen molar-refractivity contribution in [2.45, 2.75) is 225 Å². The van der Waals surface area contributed by atoms with Crippen LogP contribution in [0.1, 0.15) is 154 Å². The van der Waals surface area contributed by atoms with Gasteiger partial charge in [-0.25, -0.2) is 4.79 Å². The summed E-state index contributed by atoms with van der Waals surface area (Å²) in [5.41, 5.74) is -2.30. The molecule has 4 saturated heterocycles. The standard InChI is InChI=1S/C47H79NO12/c1-14-32(41(51)52)34-18-17-26(4)39(56-34)30(8)37(49)29(7)38(50)33(15-2)40-27(5)25-28(6)46(58-40)22-20-36(57-42(53)48-43(10,11)12)47(60-46)24-23-44(13,59-47)35-19-21-45(54,16-3)31(9)55-35/h20,22,26-37,39-40,49,54H,14-19,21,23-25H2,1-13H3,(H,48,53)(H,51,52)/t26-,27-,28+,29-,30-,31-,32+,33-,34+,35+,36-,37+,39+,40-,44-,45+,46-,47-/m0/s1. The van der Waals surface area contributed by atoms with Crippen molar-refractivity contribution in [3.63, 3.8) is 0 Å². The number of ketones is 1. The average molecular weight is 850 g/mol. The number of aliphatic hydroxyl groups is 2. The lowest BCUT2D eigenvalue weighted by Crippen LogP contribution is -2.64. The van der Waals surface area contributed by atoms with E-state index in [1.807, 2.05) is 74.5 Å². The summed E-state index contributed by atoms with van der Waals surface area (Å²) in [5.74, 6) is -6.23. The minimum absolute atomic E-state index is 0.0329. The van der Waals surface area contributed by atoms with E-state index in [1.165, 1.54) is 0 Å². The minimum Gasteiger partial charge on any atom is -0.481 e. The number of carboxylic acids is 1. The van der Waals surface area contributed by atoms with E-state index in [2.05, 4.69) is 26.1 Å². The lowest BCUT2D eigenvalue weighted by Gasteiger charge is -2.54. The van der Waals surface area contributed by atoms with Crippen LogP contribution in [0.15, 0.2) is 12.2 Å². The van der Waals surface area contributed by atoms with Crippen LogP contribution in [0.2, 0.25) is 0 Å². The number of ether oxygens (including phenoxy) is 6. The van der Waals surface area contributed by atoms with Gasteiger partial charge in [0, 0.05) is 35.6 Å². The molecule has 13 nitrogen and oxygen atoms in total. The first-order valence-electron chi connectivity index (χ1n) is 23.1. The molecule has 0 radical (unpaired) electrons. The largest absolute Gasteiger partial charge is 0.481 e. The van der Waals surface area contributed by atoms with E-state index >= 15 is 0 Å². The molecular weight excluding hydrogens is 771 g/mol. The Labute approximate surface area is 359 Å². The van der Waals surface area contributed by atoms with Gasteiger partial charge in [0.2, 0.25) is 5.79 Å². The highest BCUT2D eigenvalue weighted by molar-refractivity contribution is 5.84. The summed E-state index contributed by atoms with van der Waals surface area (Å²) < 4.78 is 40.4. The zero-order chi connectivity index (χ0) is 44.7. The van der Waals surface area contributed by atoms with Gasteiger partial charge in [0.1, 0.15) is 5.78 Å². The third-order valence-corrected chi connectivity index (χ3v) is 15.1. The van der Waals surface area contributed by atoms with Crippen molar-refractivity contribution in [2.75, 3.05) is 0 Å². The van der Waals surface area contributed by atoms with E-state index in [0.717, 1.165) is 6.42 Å². The number of hydrogen-bond acceptors (Lipinski definition) is 11. The maximum Gasteiger partial charge on any atom is 0.408 e. The predicted molar refractivity (Wildman–Crippen MR) is 226 cm³/mol. The fourth-order valence-electron chi connectivity index (χ4n) is 11.1. The molecular formula is C47H79NO12. The Morgan fingerprint density at radius 3 is 2.15 bits per heavy atom. The minimum atomic E-state index is -1.44. The van der Waals surface area contributed by atoms with Crippen molar-refractivity contribution in [3.8, 4) is 0 Å². The zero-order valence-electron chi connectivity index (χ0n) is 38.8. The Morgan fingerprint density at radius 1 is 0.900 bits per heavy atom. The molecule has 5 aliphatic heterocycles. The van der Waals surface area contributed by atoms with E-state index < -0.39 is 101 Å². The van der Waals surface area contributed by atoms with Crippen LogP contribution in [-0.2, 0) is 38.0 Å². The Balaban J connectivity index is 1.40. The van der Waals surface area contributed by atoms with Gasteiger partial charge in [-0.2, -0.15) is 0 Å². The molecule has 4 N–H and O–H groups in total. The van der Waals surface area contributed by atoms with E-state index in [1.54, 1.807) is 6.92 Å². The van der Waals surface area contributed by atoms with Crippen molar-refractivity contribution in [2.24, 2.45) is 41.4 Å². The van der Waals surface area contributed by atoms with E-state index in [-0.39, 0.29) is 29.6 Å². The first-order chi connectivity index (χ1) is 27.9. The second-order valence-electron chi connectivity index (χ2n) is 20.7. The lowest BCUT2D eigenvalue weighted by molar-refractivity contribution is -0.408. The van der Waals surface area contributed by atoms with Gasteiger partial charge in [-0.15, -0.1) is 0 Å². The van der Waals surface area contributed by atoms with E-state index in [4.69, 9.17) is 28.4 Å². The van der Waals surface area contributed by atoms with Gasteiger partial charge in [-0.3, -0.25) is 9.59 Å². The van der Waals surface area contributed by atoms with Crippen LogP contribution >= 0.6 is 0 Å². The van der Waals surface area contributed by atoms with Crippen molar-refractivity contribution in [1.82, 2.24) is 5.32 Å². The molecule has 2 spiro atoms. The number of Topliss-reactive ketones (excluding diaryl/α,β-unsaturated/α-hetero) is 1. The summed E-state index contributed by atoms with van der Waals surface area (Å²) in [7, 11) is 0. The van der Waals surface area contributed by atoms with Crippen molar-refractivity contribution in [1.29, 1.82) is 0 Å². The third-order valence-electron chi connectivity index (χ3n) is 15.1. The second kappa shape index (κ2) is 18.5. The zero-order valence-corrected chi connectivity index (χ0v) is 38.8. The van der Waals surface area contributed by atoms with Crippen LogP contribution < -0.4 is 5.32 Å². The summed E-state index contributed by atoms with van der Waals surface area (Å²) in [4.78, 5) is 40.0. The normalized spacial score (nSPS) is 42.3. The van der Waals surface area contributed by atoms with Crippen molar-refractivity contribution >= 4 is 17.8 Å². The van der Waals surface area contributed by atoms with Gasteiger partial charge in [0.15, 0.2) is 11.9 Å². The Hall–Kier alpha value is -2.13. The number of carboxylic acid groups (broad SMARTS) is 1. The molecule has 0 aromatic carbocycles. The van der Waals surface area contributed by atoms with Gasteiger partial charge in [-0.05, 0) is 116 Å². The van der Waals surface area contributed by atoms with Crippen LogP contribution in [0.3, 0.4) is 0 Å². The lowest BCUT2D eigenvalue weighted by atomic mass is 9.72. The number of aliphatic carboxylic acids is 1. The Kier molecular flexibility index (Phi) is 15.1. The summed E-state index contributed by atoms with van der Waals surface area (Å²) in [6, 6.07) is 0. The molecule has 0 bridgehead atoms. The fraction of sp³-hybridized carbons (Fsp3) is 0.894. The molecule has 5 aliphatic rings. The Bertz CT molecular complexity index is 1550. The number of hydrogen-bond donors (Lipinski definition) is 4. The SMILES string of the molecule is CC[C@@H](C(=O)[C@@H](C)[C@@H](O)[C@H](C)[C@@H]1O[C@@H]([C@@H](CC)C(=O)O)CC[C@@H]1C)[C@H]1O[C@]2(C=C[C@H](OC(=O)NC(C)(C)C)[C@]3(CC[C@@](C)([C@H]4CC[C@](O)(CC)[C@H](C)O4)O3)O2)[C@H](C)C[C@@H]1C. The predicted octanol–water partition coefficient (Wildman–Crippen LogP) is 7.72. The average Bonchev–Trinajstić information content (AvgIpc) is 3.52. The Morgan fingerprint density at radius 2 is 1.57 bits per heavy atom. The number of carbonyl (C=O) groups is 3. The number of aliphatic hydroxyl groups excluding tert-OH is 1. The van der Waals surface area contributed by atoms with Gasteiger partial charge in [0.05, 0.1) is 53.7 Å². The van der Waals surface area contributed by atoms with Crippen molar-refractivity contribution in [3.05, 3.63) is 12.2 Å². The fourth-order valence-corrected chi connectivity index (χ4v) is 11.1. The van der Waals surface area contributed by atoms with Crippen LogP contribution in [0.25, 0.3) is 0 Å². The molecule has 0 aliphatic carbocycles. The number of nitrogens with one attached hydrogen (secondary N) is 1. The number of amides is 1. The van der Waals surface area contributed by atoms with E-state index in [0.29, 0.717) is 57.8 Å². The molecule has 18 atom stereocenters. The molecule has 0 unspecified atom stereocenters. The summed E-state index contributed by atoms with van der Waals surface area (Å²) in [5, 5.41) is 35.8. The molecule has 13 heteroatoms. The highest BCUT2D eigenvalue weighted by Crippen LogP contribution is 2.54. The molecule has 60 heavy (non-hydrogen) atoms. The molecule has 0 aromatic rings. The highest BCUT2D eigenvalue weighted by atomic mass is 16.8. The summed E-state index contributed by atoms with van der Waals surface area (Å²) >= 11 is 0. The highest BCUT2D eigenvalue weighted by Gasteiger charge is 2.64. The maximum atomic E-state index is 14.6. The van der Waals surface area contributed by atoms with Gasteiger partial charge < -0.3 is 49.1 Å². The molecule has 0 aromatic heterocycles. The molecule has 4 fully saturated rings. The number of rotatable bonds is 13. The first kappa shape index (κ1) is 48.9. The maximum absolute atomic E-state index is 14.6. The smallest absolute Gasteiger partial charge is 0.408 e. The number of alkyl carbamates (subject to hydrolysis) is 1. The molecule has 1 amide bonds. The van der Waals surface area contributed by atoms with Crippen LogP contribution in [0.4, 0.5) is 4.79 Å².